The summed E-state index contributed by atoms with van der Waals surface area (Å²) in [5.41, 5.74) is 1.10. The molecule has 1 aromatic heterocycles. The summed E-state index contributed by atoms with van der Waals surface area (Å²) < 4.78 is 0. The first-order valence-corrected chi connectivity index (χ1v) is 7.14. The highest BCUT2D eigenvalue weighted by molar-refractivity contribution is 6.33. The van der Waals surface area contributed by atoms with Crippen LogP contribution in [-0.4, -0.2) is 24.6 Å². The van der Waals surface area contributed by atoms with Gasteiger partial charge >= 0.3 is 0 Å². The molecule has 1 rings (SSSR count). The number of rotatable bonds is 8. The number of aromatic nitrogens is 1. The number of anilines is 1. The molecule has 104 valence electrons. The van der Waals surface area contributed by atoms with E-state index >= 15 is 0 Å². The van der Waals surface area contributed by atoms with Gasteiger partial charge in [-0.25, -0.2) is 4.98 Å². The van der Waals surface area contributed by atoms with Crippen molar-refractivity contribution >= 4 is 17.4 Å². The highest BCUT2D eigenvalue weighted by Crippen LogP contribution is 2.24. The van der Waals surface area contributed by atoms with Crippen LogP contribution in [0.4, 0.5) is 5.82 Å². The molecule has 0 atom stereocenters. The largest absolute Gasteiger partial charge is 0.344 e. The predicted molar refractivity (Wildman–Crippen MR) is 82.6 cm³/mol. The Balaban J connectivity index is 2.77. The number of hydrogen-bond acceptors (Lipinski definition) is 3. The van der Waals surface area contributed by atoms with Gasteiger partial charge in [0.1, 0.15) is 5.82 Å². The minimum atomic E-state index is 0.536. The molecule has 0 aromatic carbocycles. The molecule has 0 aliphatic carbocycles. The van der Waals surface area contributed by atoms with Gasteiger partial charge in [-0.2, -0.15) is 0 Å². The highest BCUT2D eigenvalue weighted by Gasteiger charge is 2.10. The summed E-state index contributed by atoms with van der Waals surface area (Å²) in [4.78, 5) is 6.49. The van der Waals surface area contributed by atoms with Gasteiger partial charge in [0.15, 0.2) is 0 Å². The second kappa shape index (κ2) is 8.79. The monoisotopic (exact) mass is 279 g/mol. The van der Waals surface area contributed by atoms with Gasteiger partial charge in [0, 0.05) is 19.3 Å². The Labute approximate surface area is 121 Å². The first-order chi connectivity index (χ1) is 9.22. The number of pyridine rings is 1. The SMILES string of the molecule is C#CCN(CCC)c1ncc(CNCCC)cc1Cl. The van der Waals surface area contributed by atoms with Crippen molar-refractivity contribution in [3.8, 4) is 12.3 Å². The minimum absolute atomic E-state index is 0.536. The molecule has 0 fully saturated rings. The lowest BCUT2D eigenvalue weighted by molar-refractivity contribution is 0.673. The van der Waals surface area contributed by atoms with Gasteiger partial charge in [-0.3, -0.25) is 0 Å². The molecule has 0 aliphatic rings. The highest BCUT2D eigenvalue weighted by atomic mass is 35.5. The molecule has 1 N–H and O–H groups in total. The third-order valence-corrected chi connectivity index (χ3v) is 2.99. The molecule has 0 aliphatic heterocycles. The molecule has 3 nitrogen and oxygen atoms in total. The summed E-state index contributed by atoms with van der Waals surface area (Å²) in [5.74, 6) is 3.43. The summed E-state index contributed by atoms with van der Waals surface area (Å²) in [7, 11) is 0. The van der Waals surface area contributed by atoms with E-state index in [4.69, 9.17) is 18.0 Å². The van der Waals surface area contributed by atoms with Gasteiger partial charge in [0.25, 0.3) is 0 Å². The van der Waals surface area contributed by atoms with Gasteiger partial charge in [0.05, 0.1) is 11.6 Å². The molecule has 4 heteroatoms. The van der Waals surface area contributed by atoms with Gasteiger partial charge < -0.3 is 10.2 Å². The number of terminal acetylenes is 1. The van der Waals surface area contributed by atoms with Gasteiger partial charge in [-0.05, 0) is 31.0 Å². The summed E-state index contributed by atoms with van der Waals surface area (Å²) in [5, 5.41) is 4.00. The molecule has 1 heterocycles. The average molecular weight is 280 g/mol. The maximum absolute atomic E-state index is 6.31. The number of nitrogens with one attached hydrogen (secondary N) is 1. The lowest BCUT2D eigenvalue weighted by Gasteiger charge is -2.21. The number of hydrogen-bond donors (Lipinski definition) is 1. The standard InChI is InChI=1S/C15H22ClN3/c1-4-7-17-11-13-10-14(16)15(18-12-13)19(8-5-2)9-6-3/h2,10,12,17H,4,6-9,11H2,1,3H3. The van der Waals surface area contributed by atoms with E-state index in [0.717, 1.165) is 43.9 Å². The normalized spacial score (nSPS) is 10.2. The topological polar surface area (TPSA) is 28.2 Å². The van der Waals surface area contributed by atoms with Crippen molar-refractivity contribution in [1.29, 1.82) is 0 Å². The van der Waals surface area contributed by atoms with E-state index in [-0.39, 0.29) is 0 Å². The third kappa shape index (κ3) is 5.10. The zero-order valence-electron chi connectivity index (χ0n) is 11.7. The van der Waals surface area contributed by atoms with Crippen LogP contribution in [0.5, 0.6) is 0 Å². The number of nitrogens with zero attached hydrogens (tertiary/aromatic N) is 2. The maximum atomic E-state index is 6.31. The molecule has 19 heavy (non-hydrogen) atoms. The molecular weight excluding hydrogens is 258 g/mol. The molecular formula is C15H22ClN3. The van der Waals surface area contributed by atoms with Crippen LogP contribution in [0.1, 0.15) is 32.3 Å². The Hall–Kier alpha value is -1.24. The first kappa shape index (κ1) is 15.8. The van der Waals surface area contributed by atoms with E-state index in [9.17, 15) is 0 Å². The second-order valence-electron chi connectivity index (χ2n) is 4.45. The van der Waals surface area contributed by atoms with Crippen molar-refractivity contribution in [2.45, 2.75) is 33.2 Å². The maximum Gasteiger partial charge on any atom is 0.148 e. The van der Waals surface area contributed by atoms with Crippen LogP contribution in [0.25, 0.3) is 0 Å². The fraction of sp³-hybridized carbons (Fsp3) is 0.533. The zero-order valence-corrected chi connectivity index (χ0v) is 12.5. The Kier molecular flexibility index (Phi) is 7.32. The van der Waals surface area contributed by atoms with E-state index < -0.39 is 0 Å². The Morgan fingerprint density at radius 1 is 1.42 bits per heavy atom. The van der Waals surface area contributed by atoms with E-state index in [1.807, 2.05) is 17.2 Å². The molecule has 0 unspecified atom stereocenters. The Morgan fingerprint density at radius 2 is 2.21 bits per heavy atom. The molecule has 0 saturated heterocycles. The van der Waals surface area contributed by atoms with Crippen LogP contribution in [-0.2, 0) is 6.54 Å². The van der Waals surface area contributed by atoms with Crippen molar-refractivity contribution < 1.29 is 0 Å². The average Bonchev–Trinajstić information content (AvgIpc) is 2.39. The van der Waals surface area contributed by atoms with Crippen LogP contribution in [0, 0.1) is 12.3 Å². The predicted octanol–water partition coefficient (Wildman–Crippen LogP) is 3.08. The minimum Gasteiger partial charge on any atom is -0.344 e. The van der Waals surface area contributed by atoms with Crippen LogP contribution < -0.4 is 10.2 Å². The molecule has 0 amide bonds. The van der Waals surface area contributed by atoms with Crippen LogP contribution in [0.15, 0.2) is 12.3 Å². The van der Waals surface area contributed by atoms with Gasteiger partial charge in [-0.15, -0.1) is 6.42 Å². The van der Waals surface area contributed by atoms with E-state index in [2.05, 4.69) is 30.1 Å². The molecule has 0 bridgehead atoms. The Morgan fingerprint density at radius 3 is 2.79 bits per heavy atom. The van der Waals surface area contributed by atoms with E-state index in [1.165, 1.54) is 0 Å². The fourth-order valence-corrected chi connectivity index (χ4v) is 2.16. The summed E-state index contributed by atoms with van der Waals surface area (Å²) in [6.45, 7) is 7.45. The number of halogens is 1. The third-order valence-electron chi connectivity index (χ3n) is 2.71. The van der Waals surface area contributed by atoms with Crippen molar-refractivity contribution in [3.05, 3.63) is 22.8 Å². The van der Waals surface area contributed by atoms with Crippen LogP contribution in [0.3, 0.4) is 0 Å². The van der Waals surface area contributed by atoms with Crippen molar-refractivity contribution in [3.63, 3.8) is 0 Å². The smallest absolute Gasteiger partial charge is 0.148 e. The van der Waals surface area contributed by atoms with Crippen LogP contribution >= 0.6 is 11.6 Å². The summed E-state index contributed by atoms with van der Waals surface area (Å²) >= 11 is 6.31. The van der Waals surface area contributed by atoms with E-state index in [0.29, 0.717) is 11.6 Å². The van der Waals surface area contributed by atoms with Crippen molar-refractivity contribution in [2.75, 3.05) is 24.5 Å². The quantitative estimate of drug-likeness (QED) is 0.585. The van der Waals surface area contributed by atoms with Crippen molar-refractivity contribution in [2.24, 2.45) is 0 Å². The summed E-state index contributed by atoms with van der Waals surface area (Å²) in [6, 6.07) is 1.96. The molecule has 0 spiro atoms. The lowest BCUT2D eigenvalue weighted by atomic mass is 10.2. The fourth-order valence-electron chi connectivity index (χ4n) is 1.85. The summed E-state index contributed by atoms with van der Waals surface area (Å²) in [6.07, 6.45) is 9.38. The molecule has 0 saturated carbocycles. The lowest BCUT2D eigenvalue weighted by Crippen LogP contribution is -2.25. The molecule has 0 radical (unpaired) electrons. The zero-order chi connectivity index (χ0) is 14.1. The second-order valence-corrected chi connectivity index (χ2v) is 4.86. The first-order valence-electron chi connectivity index (χ1n) is 6.76. The van der Waals surface area contributed by atoms with Crippen LogP contribution in [0.2, 0.25) is 5.02 Å². The van der Waals surface area contributed by atoms with Crippen molar-refractivity contribution in [1.82, 2.24) is 10.3 Å². The molecule has 1 aromatic rings. The van der Waals surface area contributed by atoms with Gasteiger partial charge in [-0.1, -0.05) is 31.4 Å². The Bertz CT molecular complexity index is 426. The van der Waals surface area contributed by atoms with E-state index in [1.54, 1.807) is 0 Å². The van der Waals surface area contributed by atoms with Gasteiger partial charge in [0.2, 0.25) is 0 Å².